The van der Waals surface area contributed by atoms with Gasteiger partial charge in [-0.25, -0.2) is 14.2 Å². The number of hydrogen-bond acceptors (Lipinski definition) is 5. The maximum Gasteiger partial charge on any atom is 0.419 e. The van der Waals surface area contributed by atoms with E-state index in [0.29, 0.717) is 60.9 Å². The first-order valence-electron chi connectivity index (χ1n) is 12.4. The molecule has 4 aromatic rings. The predicted octanol–water partition coefficient (Wildman–Crippen LogP) is 5.92. The van der Waals surface area contributed by atoms with Gasteiger partial charge in [0.1, 0.15) is 17.4 Å². The molecule has 204 valence electrons. The Hall–Kier alpha value is -4.35. The zero-order valence-electron chi connectivity index (χ0n) is 21.0. The molecule has 8 nitrogen and oxygen atoms in total. The van der Waals surface area contributed by atoms with E-state index < -0.39 is 23.6 Å². The maximum absolute atomic E-state index is 13.6. The van der Waals surface area contributed by atoms with Crippen molar-refractivity contribution >= 4 is 23.2 Å². The van der Waals surface area contributed by atoms with Gasteiger partial charge in [0, 0.05) is 42.5 Å². The molecule has 0 radical (unpaired) electrons. The van der Waals surface area contributed by atoms with Crippen molar-refractivity contribution in [1.29, 1.82) is 0 Å². The lowest BCUT2D eigenvalue weighted by atomic mass is 9.98. The number of piperidine rings is 1. The molecule has 3 heterocycles. The van der Waals surface area contributed by atoms with Gasteiger partial charge < -0.3 is 20.6 Å². The molecule has 39 heavy (non-hydrogen) atoms. The number of aromatic hydroxyl groups is 1. The Labute approximate surface area is 221 Å². The van der Waals surface area contributed by atoms with Crippen molar-refractivity contribution in [2.24, 2.45) is 5.92 Å². The van der Waals surface area contributed by atoms with E-state index in [0.717, 1.165) is 18.1 Å². The van der Waals surface area contributed by atoms with Gasteiger partial charge in [-0.2, -0.15) is 22.8 Å². The van der Waals surface area contributed by atoms with Crippen molar-refractivity contribution in [2.45, 2.75) is 25.9 Å². The molecule has 3 N–H and O–H groups in total. The number of anilines is 2. The van der Waals surface area contributed by atoms with Crippen LogP contribution < -0.4 is 10.6 Å². The highest BCUT2D eigenvalue weighted by Gasteiger charge is 2.34. The predicted molar refractivity (Wildman–Crippen MR) is 138 cm³/mol. The molecule has 1 aliphatic rings. The van der Waals surface area contributed by atoms with Crippen LogP contribution in [0, 0.1) is 18.7 Å². The number of carbonyl (C=O) groups excluding carboxylic acids is 1. The summed E-state index contributed by atoms with van der Waals surface area (Å²) in [6.45, 7) is 3.22. The number of benzene rings is 2. The molecule has 0 saturated carbocycles. The topological polar surface area (TPSA) is 94.8 Å². The van der Waals surface area contributed by atoms with Crippen LogP contribution in [0.5, 0.6) is 5.75 Å². The number of halogens is 4. The second-order valence-corrected chi connectivity index (χ2v) is 9.56. The zero-order valence-corrected chi connectivity index (χ0v) is 21.0. The number of rotatable bonds is 5. The largest absolute Gasteiger partial charge is 0.507 e. The monoisotopic (exact) mass is 542 g/mol. The third kappa shape index (κ3) is 5.59. The van der Waals surface area contributed by atoms with Crippen LogP contribution in [0.3, 0.4) is 0 Å². The Kier molecular flexibility index (Phi) is 7.02. The number of aromatic nitrogens is 3. The molecule has 2 aromatic heterocycles. The van der Waals surface area contributed by atoms with Gasteiger partial charge >= 0.3 is 12.2 Å². The van der Waals surface area contributed by atoms with Crippen LogP contribution in [0.1, 0.15) is 24.0 Å². The van der Waals surface area contributed by atoms with E-state index >= 15 is 0 Å². The van der Waals surface area contributed by atoms with E-state index in [1.54, 1.807) is 39.9 Å². The number of fused-ring (bicyclic) bond motifs is 1. The lowest BCUT2D eigenvalue weighted by molar-refractivity contribution is -0.139. The van der Waals surface area contributed by atoms with Gasteiger partial charge in [-0.15, -0.1) is 0 Å². The Balaban J connectivity index is 1.29. The van der Waals surface area contributed by atoms with Gasteiger partial charge in [0.05, 0.1) is 17.5 Å². The number of alkyl halides is 3. The van der Waals surface area contributed by atoms with Crippen molar-refractivity contribution in [3.05, 3.63) is 71.7 Å². The smallest absolute Gasteiger partial charge is 0.419 e. The second kappa shape index (κ2) is 10.4. The molecule has 1 aliphatic heterocycles. The molecule has 0 bridgehead atoms. The van der Waals surface area contributed by atoms with Crippen molar-refractivity contribution < 1.29 is 27.5 Å². The Morgan fingerprint density at radius 2 is 1.97 bits per heavy atom. The summed E-state index contributed by atoms with van der Waals surface area (Å²) in [5.41, 5.74) is 1.11. The number of amides is 2. The number of para-hydroxylation sites is 1. The first-order chi connectivity index (χ1) is 18.6. The quantitative estimate of drug-likeness (QED) is 0.272. The first kappa shape index (κ1) is 26.3. The van der Waals surface area contributed by atoms with Crippen LogP contribution >= 0.6 is 0 Å². The Bertz CT molecular complexity index is 1520. The van der Waals surface area contributed by atoms with E-state index in [4.69, 9.17) is 0 Å². The Morgan fingerprint density at radius 3 is 2.74 bits per heavy atom. The average molecular weight is 543 g/mol. The number of nitrogens with one attached hydrogen (secondary N) is 2. The molecular weight excluding hydrogens is 516 g/mol. The zero-order chi connectivity index (χ0) is 27.7. The second-order valence-electron chi connectivity index (χ2n) is 9.56. The highest BCUT2D eigenvalue weighted by atomic mass is 19.4. The lowest BCUT2D eigenvalue weighted by Crippen LogP contribution is -2.44. The van der Waals surface area contributed by atoms with E-state index in [1.807, 2.05) is 13.0 Å². The molecule has 0 aliphatic carbocycles. The minimum absolute atomic E-state index is 0.0527. The maximum atomic E-state index is 13.6. The average Bonchev–Trinajstić information content (AvgIpc) is 3.28. The summed E-state index contributed by atoms with van der Waals surface area (Å²) in [6, 6.07) is 10.6. The highest BCUT2D eigenvalue weighted by Crippen LogP contribution is 2.33. The van der Waals surface area contributed by atoms with E-state index in [9.17, 15) is 27.5 Å². The molecule has 1 unspecified atom stereocenters. The summed E-state index contributed by atoms with van der Waals surface area (Å²) < 4.78 is 54.4. The molecule has 1 atom stereocenters. The summed E-state index contributed by atoms with van der Waals surface area (Å²) in [4.78, 5) is 19.0. The van der Waals surface area contributed by atoms with Crippen molar-refractivity contribution in [2.75, 3.05) is 30.3 Å². The number of likely N-dealkylation sites (tertiary alicyclic amines) is 1. The summed E-state index contributed by atoms with van der Waals surface area (Å²) in [5, 5.41) is 20.6. The molecule has 2 amide bonds. The van der Waals surface area contributed by atoms with E-state index in [1.165, 1.54) is 0 Å². The van der Waals surface area contributed by atoms with E-state index in [-0.39, 0.29) is 17.4 Å². The number of nitrogens with zero attached hydrogens (tertiary/aromatic N) is 4. The summed E-state index contributed by atoms with van der Waals surface area (Å²) in [7, 11) is 0. The molecule has 1 fully saturated rings. The number of phenols is 1. The van der Waals surface area contributed by atoms with Crippen LogP contribution in [0.2, 0.25) is 0 Å². The molecule has 2 aromatic carbocycles. The van der Waals surface area contributed by atoms with Gasteiger partial charge in [-0.1, -0.05) is 12.1 Å². The number of hydrogen-bond donors (Lipinski definition) is 3. The standard InChI is InChI=1S/C27H26F4N6O2/c1-16-13-33-37-24(12-22(35-25(16)37)19-6-2-3-7-23(19)38)32-14-17-5-4-10-36(15-17)26(39)34-18-8-9-21(28)20(11-18)27(29,30)31/h2-3,6-9,11-13,17,32,38H,4-5,10,14-15H2,1H3,(H,34,39). The fraction of sp³-hybridized carbons (Fsp3) is 0.296. The summed E-state index contributed by atoms with van der Waals surface area (Å²) in [5.74, 6) is -0.571. The third-order valence-electron chi connectivity index (χ3n) is 6.73. The molecule has 0 spiro atoms. The van der Waals surface area contributed by atoms with E-state index in [2.05, 4.69) is 20.7 Å². The van der Waals surface area contributed by atoms with Gasteiger partial charge in [0.25, 0.3) is 0 Å². The number of phenolic OH excluding ortho intramolecular Hbond substituents is 1. The summed E-state index contributed by atoms with van der Waals surface area (Å²) >= 11 is 0. The SMILES string of the molecule is Cc1cnn2c(NCC3CCCN(C(=O)Nc4ccc(F)c(C(F)(F)F)c4)C3)cc(-c3ccccc3O)nc12. The normalized spacial score (nSPS) is 15.9. The van der Waals surface area contributed by atoms with Gasteiger partial charge in [-0.05, 0) is 56.0 Å². The first-order valence-corrected chi connectivity index (χ1v) is 12.4. The van der Waals surface area contributed by atoms with Crippen LogP contribution in [0.4, 0.5) is 33.9 Å². The number of aryl methyl sites for hydroxylation is 1. The highest BCUT2D eigenvalue weighted by molar-refractivity contribution is 5.89. The van der Waals surface area contributed by atoms with Crippen molar-refractivity contribution in [3.63, 3.8) is 0 Å². The number of carbonyl (C=O) groups is 1. The molecule has 1 saturated heterocycles. The Morgan fingerprint density at radius 1 is 1.18 bits per heavy atom. The van der Waals surface area contributed by atoms with Crippen LogP contribution in [0.25, 0.3) is 16.9 Å². The van der Waals surface area contributed by atoms with Crippen LogP contribution in [-0.2, 0) is 6.18 Å². The fourth-order valence-electron chi connectivity index (χ4n) is 4.71. The van der Waals surface area contributed by atoms with Gasteiger partial charge in [0.15, 0.2) is 5.65 Å². The molecule has 5 rings (SSSR count). The van der Waals surface area contributed by atoms with Crippen molar-refractivity contribution in [1.82, 2.24) is 19.5 Å². The molecular formula is C27H26F4N6O2. The van der Waals surface area contributed by atoms with Crippen LogP contribution in [-0.4, -0.2) is 50.3 Å². The van der Waals surface area contributed by atoms with Crippen molar-refractivity contribution in [3.8, 4) is 17.0 Å². The van der Waals surface area contributed by atoms with Gasteiger partial charge in [0.2, 0.25) is 0 Å². The fourth-order valence-corrected chi connectivity index (χ4v) is 4.71. The lowest BCUT2D eigenvalue weighted by Gasteiger charge is -2.33. The van der Waals surface area contributed by atoms with Crippen LogP contribution in [0.15, 0.2) is 54.7 Å². The van der Waals surface area contributed by atoms with Gasteiger partial charge in [-0.3, -0.25) is 0 Å². The number of urea groups is 1. The third-order valence-corrected chi connectivity index (χ3v) is 6.73. The molecule has 12 heteroatoms. The minimum atomic E-state index is -4.86. The summed E-state index contributed by atoms with van der Waals surface area (Å²) in [6.07, 6.45) is -1.61. The minimum Gasteiger partial charge on any atom is -0.507 e.